The number of benzene rings is 2. The molecular weight excluding hydrogens is 257 g/mol. The van der Waals surface area contributed by atoms with Gasteiger partial charge in [0.15, 0.2) is 0 Å². The van der Waals surface area contributed by atoms with E-state index in [4.69, 9.17) is 0 Å². The molecule has 0 atom stereocenters. The molecule has 0 aliphatic heterocycles. The van der Waals surface area contributed by atoms with Crippen LogP contribution >= 0.6 is 0 Å². The summed E-state index contributed by atoms with van der Waals surface area (Å²) in [6.07, 6.45) is 0. The van der Waals surface area contributed by atoms with Crippen LogP contribution in [0.15, 0.2) is 48.5 Å². The van der Waals surface area contributed by atoms with Crippen molar-refractivity contribution < 1.29 is 32.7 Å². The molecule has 2 rings (SSSR count). The molecule has 2 aromatic rings. The predicted octanol–water partition coefficient (Wildman–Crippen LogP) is 3.97. The first kappa shape index (κ1) is 12.6. The Morgan fingerprint density at radius 2 is 0.933 bits per heavy atom. The van der Waals surface area contributed by atoms with Crippen LogP contribution in [-0.4, -0.2) is 0 Å². The van der Waals surface area contributed by atoms with Crippen molar-refractivity contribution in [1.82, 2.24) is 0 Å². The maximum Gasteiger partial charge on any atom is 0 e. The molecule has 0 fully saturated rings. The van der Waals surface area contributed by atoms with Gasteiger partial charge in [0, 0.05) is 32.7 Å². The van der Waals surface area contributed by atoms with E-state index in [2.05, 4.69) is 62.4 Å². The van der Waals surface area contributed by atoms with E-state index < -0.39 is 0 Å². The molecule has 2 aromatic carbocycles. The summed E-state index contributed by atoms with van der Waals surface area (Å²) in [6.45, 7) is 4.31. The summed E-state index contributed by atoms with van der Waals surface area (Å²) in [6, 6.07) is 17.0. The van der Waals surface area contributed by atoms with Crippen molar-refractivity contribution in [1.29, 1.82) is 0 Å². The molecule has 0 aliphatic rings. The average molecular weight is 271 g/mol. The Morgan fingerprint density at radius 1 is 0.600 bits per heavy atom. The fourth-order valence-corrected chi connectivity index (χ4v) is 1.75. The minimum Gasteiger partial charge on any atom is -0.0620 e. The third-order valence-corrected chi connectivity index (χ3v) is 2.58. The van der Waals surface area contributed by atoms with Crippen molar-refractivity contribution in [2.45, 2.75) is 13.8 Å². The summed E-state index contributed by atoms with van der Waals surface area (Å²) < 4.78 is 0. The Hall–Kier alpha value is -0.456. The van der Waals surface area contributed by atoms with Crippen molar-refractivity contribution in [3.05, 3.63) is 59.7 Å². The van der Waals surface area contributed by atoms with Crippen molar-refractivity contribution in [3.8, 4) is 11.1 Å². The van der Waals surface area contributed by atoms with Crippen molar-refractivity contribution >= 4 is 0 Å². The Morgan fingerprint density at radius 3 is 1.27 bits per heavy atom. The van der Waals surface area contributed by atoms with Crippen LogP contribution in [0, 0.1) is 13.8 Å². The minimum absolute atomic E-state index is 0. The SMILES string of the molecule is Cc1ccccc1-c1ccccc1C.[Y]. The molecule has 0 unspecified atom stereocenters. The second-order valence-electron chi connectivity index (χ2n) is 3.63. The Bertz CT molecular complexity index is 403. The third kappa shape index (κ3) is 2.77. The van der Waals surface area contributed by atoms with Gasteiger partial charge in [0.2, 0.25) is 0 Å². The first-order valence-electron chi connectivity index (χ1n) is 4.90. The topological polar surface area (TPSA) is 0 Å². The predicted molar refractivity (Wildman–Crippen MR) is 61.4 cm³/mol. The van der Waals surface area contributed by atoms with Gasteiger partial charge >= 0.3 is 0 Å². The zero-order valence-corrected chi connectivity index (χ0v) is 12.0. The van der Waals surface area contributed by atoms with Gasteiger partial charge in [0.1, 0.15) is 0 Å². The second kappa shape index (κ2) is 5.58. The maximum atomic E-state index is 2.18. The summed E-state index contributed by atoms with van der Waals surface area (Å²) in [4.78, 5) is 0. The van der Waals surface area contributed by atoms with Gasteiger partial charge in [0.25, 0.3) is 0 Å². The van der Waals surface area contributed by atoms with Crippen molar-refractivity contribution in [2.24, 2.45) is 0 Å². The fourth-order valence-electron chi connectivity index (χ4n) is 1.75. The molecule has 15 heavy (non-hydrogen) atoms. The zero-order valence-electron chi connectivity index (χ0n) is 9.20. The number of rotatable bonds is 1. The van der Waals surface area contributed by atoms with Crippen LogP contribution in [0.2, 0.25) is 0 Å². The molecule has 0 N–H and O–H groups in total. The van der Waals surface area contributed by atoms with E-state index in [1.54, 1.807) is 0 Å². The van der Waals surface area contributed by atoms with Crippen molar-refractivity contribution in [3.63, 3.8) is 0 Å². The molecule has 0 aliphatic carbocycles. The van der Waals surface area contributed by atoms with Gasteiger partial charge in [0.05, 0.1) is 0 Å². The summed E-state index contributed by atoms with van der Waals surface area (Å²) in [7, 11) is 0. The molecule has 0 aromatic heterocycles. The first-order valence-corrected chi connectivity index (χ1v) is 4.90. The minimum atomic E-state index is 0. The Balaban J connectivity index is 0.00000112. The molecule has 0 bridgehead atoms. The van der Waals surface area contributed by atoms with Crippen LogP contribution < -0.4 is 0 Å². The van der Waals surface area contributed by atoms with Crippen LogP contribution in [0.5, 0.6) is 0 Å². The molecule has 0 spiro atoms. The summed E-state index contributed by atoms with van der Waals surface area (Å²) in [5.41, 5.74) is 5.35. The molecule has 0 saturated carbocycles. The van der Waals surface area contributed by atoms with E-state index in [9.17, 15) is 0 Å². The zero-order chi connectivity index (χ0) is 9.97. The molecule has 0 saturated heterocycles. The summed E-state index contributed by atoms with van der Waals surface area (Å²) >= 11 is 0. The number of aryl methyl sites for hydroxylation is 2. The molecule has 1 radical (unpaired) electrons. The van der Waals surface area contributed by atoms with Gasteiger partial charge in [-0.25, -0.2) is 0 Å². The first-order chi connectivity index (χ1) is 6.79. The number of hydrogen-bond acceptors (Lipinski definition) is 0. The quantitative estimate of drug-likeness (QED) is 0.736. The van der Waals surface area contributed by atoms with Crippen LogP contribution in [0.1, 0.15) is 11.1 Å². The molecule has 0 heterocycles. The largest absolute Gasteiger partial charge is 0.0620 e. The Kier molecular flexibility index (Phi) is 4.69. The molecule has 1 heteroatoms. The molecule has 0 amide bonds. The van der Waals surface area contributed by atoms with Crippen LogP contribution in [0.4, 0.5) is 0 Å². The summed E-state index contributed by atoms with van der Waals surface area (Å²) in [5, 5.41) is 0. The van der Waals surface area contributed by atoms with E-state index in [-0.39, 0.29) is 32.7 Å². The standard InChI is InChI=1S/C14H14.Y/c1-11-7-3-5-9-13(11)14-10-6-4-8-12(14)2;/h3-10H,1-2H3;. The maximum absolute atomic E-state index is 2.18. The van der Waals surface area contributed by atoms with E-state index in [1.807, 2.05) is 0 Å². The van der Waals surface area contributed by atoms with Crippen molar-refractivity contribution in [2.75, 3.05) is 0 Å². The molecule has 0 nitrogen and oxygen atoms in total. The van der Waals surface area contributed by atoms with Gasteiger partial charge < -0.3 is 0 Å². The normalized spacial score (nSPS) is 9.47. The molecule has 73 valence electrons. The van der Waals surface area contributed by atoms with Crippen LogP contribution in [0.25, 0.3) is 11.1 Å². The average Bonchev–Trinajstić information content (AvgIpc) is 2.20. The van der Waals surface area contributed by atoms with Gasteiger partial charge in [-0.2, -0.15) is 0 Å². The number of hydrogen-bond donors (Lipinski definition) is 0. The third-order valence-electron chi connectivity index (χ3n) is 2.58. The van der Waals surface area contributed by atoms with E-state index >= 15 is 0 Å². The van der Waals surface area contributed by atoms with Gasteiger partial charge in [-0.15, -0.1) is 0 Å². The van der Waals surface area contributed by atoms with Gasteiger partial charge in [-0.05, 0) is 36.1 Å². The Labute approximate surface area is 117 Å². The summed E-state index contributed by atoms with van der Waals surface area (Å²) in [5.74, 6) is 0. The smallest absolute Gasteiger partial charge is 0 e. The van der Waals surface area contributed by atoms with Gasteiger partial charge in [-0.1, -0.05) is 48.5 Å². The van der Waals surface area contributed by atoms with E-state index in [0.717, 1.165) is 0 Å². The molecular formula is C14H14Y. The van der Waals surface area contributed by atoms with Gasteiger partial charge in [-0.3, -0.25) is 0 Å². The second-order valence-corrected chi connectivity index (χ2v) is 3.63. The van der Waals surface area contributed by atoms with E-state index in [1.165, 1.54) is 22.3 Å². The van der Waals surface area contributed by atoms with E-state index in [0.29, 0.717) is 0 Å². The van der Waals surface area contributed by atoms with Crippen LogP contribution in [-0.2, 0) is 32.7 Å². The van der Waals surface area contributed by atoms with Crippen LogP contribution in [0.3, 0.4) is 0 Å². The monoisotopic (exact) mass is 271 g/mol. The fraction of sp³-hybridized carbons (Fsp3) is 0.143.